The minimum absolute atomic E-state index is 0.0887. The summed E-state index contributed by atoms with van der Waals surface area (Å²) >= 11 is 0.792. The molecule has 1 fully saturated rings. The molecule has 2 amide bonds. The van der Waals surface area contributed by atoms with Crippen molar-refractivity contribution >= 4 is 39.8 Å². The number of nitrogens with one attached hydrogen (secondary N) is 1. The monoisotopic (exact) mass is 379 g/mol. The second kappa shape index (κ2) is 6.89. The van der Waals surface area contributed by atoms with Crippen molar-refractivity contribution in [2.75, 3.05) is 0 Å². The molecule has 0 radical (unpaired) electrons. The van der Waals surface area contributed by atoms with Gasteiger partial charge >= 0.3 is 0 Å². The fourth-order valence-electron chi connectivity index (χ4n) is 2.89. The summed E-state index contributed by atoms with van der Waals surface area (Å²) in [7, 11) is 0. The van der Waals surface area contributed by atoms with Crippen molar-refractivity contribution < 1.29 is 18.7 Å². The van der Waals surface area contributed by atoms with Crippen LogP contribution in [0.25, 0.3) is 16.8 Å². The van der Waals surface area contributed by atoms with Gasteiger partial charge in [0.2, 0.25) is 0 Å². The fourth-order valence-corrected chi connectivity index (χ4v) is 3.57. The van der Waals surface area contributed by atoms with Gasteiger partial charge in [-0.05, 0) is 59.5 Å². The summed E-state index contributed by atoms with van der Waals surface area (Å²) in [6, 6.07) is 16.0. The molecule has 0 atom stereocenters. The van der Waals surface area contributed by atoms with E-state index in [4.69, 9.17) is 4.74 Å². The van der Waals surface area contributed by atoms with Gasteiger partial charge in [-0.15, -0.1) is 0 Å². The van der Waals surface area contributed by atoms with E-state index in [0.717, 1.165) is 28.1 Å². The van der Waals surface area contributed by atoms with Crippen LogP contribution < -0.4 is 10.1 Å². The predicted molar refractivity (Wildman–Crippen MR) is 104 cm³/mol. The first-order chi connectivity index (χ1) is 13.0. The molecule has 0 bridgehead atoms. The molecule has 27 heavy (non-hydrogen) atoms. The standard InChI is InChI=1S/C21H14FNO3S/c1-12-6-8-17(15-5-3-2-4-14(12)15)26-18-9-7-13(10-16(18)22)11-19-20(24)23-21(25)27-19/h2-11H,1H3,(H,23,24,25)/b19-11-. The number of imide groups is 1. The smallest absolute Gasteiger partial charge is 0.290 e. The summed E-state index contributed by atoms with van der Waals surface area (Å²) in [5, 5.41) is 3.68. The number of rotatable bonds is 3. The van der Waals surface area contributed by atoms with E-state index >= 15 is 0 Å². The van der Waals surface area contributed by atoms with Crippen molar-refractivity contribution in [2.24, 2.45) is 0 Å². The van der Waals surface area contributed by atoms with Crippen molar-refractivity contribution in [3.05, 3.63) is 76.4 Å². The lowest BCUT2D eigenvalue weighted by Crippen LogP contribution is -2.17. The van der Waals surface area contributed by atoms with Crippen LogP contribution in [0.2, 0.25) is 0 Å². The molecule has 3 aromatic rings. The van der Waals surface area contributed by atoms with Gasteiger partial charge in [0.05, 0.1) is 4.91 Å². The highest BCUT2D eigenvalue weighted by Crippen LogP contribution is 2.33. The molecule has 0 unspecified atom stereocenters. The van der Waals surface area contributed by atoms with E-state index in [1.54, 1.807) is 6.07 Å². The molecule has 0 spiro atoms. The van der Waals surface area contributed by atoms with Gasteiger partial charge < -0.3 is 4.74 Å². The van der Waals surface area contributed by atoms with Gasteiger partial charge in [0, 0.05) is 5.39 Å². The lowest BCUT2D eigenvalue weighted by molar-refractivity contribution is -0.115. The van der Waals surface area contributed by atoms with Gasteiger partial charge in [0.1, 0.15) is 5.75 Å². The number of benzene rings is 3. The topological polar surface area (TPSA) is 55.4 Å². The van der Waals surface area contributed by atoms with Crippen LogP contribution in [0.1, 0.15) is 11.1 Å². The Bertz CT molecular complexity index is 1120. The minimum atomic E-state index is -0.552. The van der Waals surface area contributed by atoms with Crippen LogP contribution in [0.4, 0.5) is 9.18 Å². The summed E-state index contributed by atoms with van der Waals surface area (Å²) in [5.41, 5.74) is 1.59. The Morgan fingerprint density at radius 2 is 1.74 bits per heavy atom. The summed E-state index contributed by atoms with van der Waals surface area (Å²) in [6.07, 6.45) is 1.47. The lowest BCUT2D eigenvalue weighted by atomic mass is 10.0. The predicted octanol–water partition coefficient (Wildman–Crippen LogP) is 5.40. The second-order valence-electron chi connectivity index (χ2n) is 6.07. The molecule has 1 aliphatic rings. The Hall–Kier alpha value is -3.12. The van der Waals surface area contributed by atoms with E-state index in [1.807, 2.05) is 43.3 Å². The number of aryl methyl sites for hydroxylation is 1. The number of hydrogen-bond acceptors (Lipinski definition) is 4. The summed E-state index contributed by atoms with van der Waals surface area (Å²) in [5.74, 6) is -0.371. The lowest BCUT2D eigenvalue weighted by Gasteiger charge is -2.11. The maximum absolute atomic E-state index is 14.5. The van der Waals surface area contributed by atoms with E-state index < -0.39 is 17.0 Å². The van der Waals surface area contributed by atoms with Crippen LogP contribution in [0.5, 0.6) is 11.5 Å². The van der Waals surface area contributed by atoms with Gasteiger partial charge in [-0.1, -0.05) is 36.4 Å². The third kappa shape index (κ3) is 3.44. The third-order valence-corrected chi connectivity index (χ3v) is 5.03. The van der Waals surface area contributed by atoms with E-state index in [9.17, 15) is 14.0 Å². The number of amides is 2. The molecule has 1 heterocycles. The number of carbonyl (C=O) groups is 2. The molecule has 3 aromatic carbocycles. The van der Waals surface area contributed by atoms with Crippen molar-refractivity contribution in [2.45, 2.75) is 6.92 Å². The average Bonchev–Trinajstić information content (AvgIpc) is 2.96. The van der Waals surface area contributed by atoms with E-state index in [-0.39, 0.29) is 10.7 Å². The van der Waals surface area contributed by atoms with E-state index in [0.29, 0.717) is 11.3 Å². The molecule has 0 aliphatic carbocycles. The number of carbonyl (C=O) groups excluding carboxylic acids is 2. The summed E-state index contributed by atoms with van der Waals surface area (Å²) in [4.78, 5) is 23.0. The van der Waals surface area contributed by atoms with Crippen LogP contribution in [0.15, 0.2) is 59.5 Å². The quantitative estimate of drug-likeness (QED) is 0.619. The molecule has 4 nitrogen and oxygen atoms in total. The van der Waals surface area contributed by atoms with Crippen LogP contribution in [0, 0.1) is 12.7 Å². The third-order valence-electron chi connectivity index (χ3n) is 4.22. The molecule has 6 heteroatoms. The number of halogens is 1. The maximum atomic E-state index is 14.5. The van der Waals surface area contributed by atoms with Crippen LogP contribution in [0.3, 0.4) is 0 Å². The summed E-state index contributed by atoms with van der Waals surface area (Å²) in [6.45, 7) is 2.01. The summed E-state index contributed by atoms with van der Waals surface area (Å²) < 4.78 is 20.3. The van der Waals surface area contributed by atoms with E-state index in [2.05, 4.69) is 5.32 Å². The van der Waals surface area contributed by atoms with Gasteiger partial charge in [-0.3, -0.25) is 14.9 Å². The average molecular weight is 379 g/mol. The van der Waals surface area contributed by atoms with E-state index in [1.165, 1.54) is 18.2 Å². The number of hydrogen-bond donors (Lipinski definition) is 1. The highest BCUT2D eigenvalue weighted by atomic mass is 32.2. The van der Waals surface area contributed by atoms with Crippen molar-refractivity contribution in [1.82, 2.24) is 5.32 Å². The first-order valence-electron chi connectivity index (χ1n) is 8.22. The molecule has 1 N–H and O–H groups in total. The maximum Gasteiger partial charge on any atom is 0.290 e. The zero-order valence-electron chi connectivity index (χ0n) is 14.3. The fraction of sp³-hybridized carbons (Fsp3) is 0.0476. The van der Waals surface area contributed by atoms with Crippen LogP contribution >= 0.6 is 11.8 Å². The Labute approximate surface area is 159 Å². The van der Waals surface area contributed by atoms with Crippen molar-refractivity contribution in [1.29, 1.82) is 0 Å². The molecule has 4 rings (SSSR count). The Morgan fingerprint density at radius 3 is 2.44 bits per heavy atom. The van der Waals surface area contributed by atoms with Gasteiger partial charge in [-0.25, -0.2) is 4.39 Å². The normalized spacial score (nSPS) is 15.4. The highest BCUT2D eigenvalue weighted by molar-refractivity contribution is 8.18. The zero-order valence-corrected chi connectivity index (χ0v) is 15.1. The van der Waals surface area contributed by atoms with Gasteiger partial charge in [0.15, 0.2) is 11.6 Å². The molecular formula is C21H14FNO3S. The van der Waals surface area contributed by atoms with Crippen LogP contribution in [-0.2, 0) is 4.79 Å². The molecule has 0 aromatic heterocycles. The SMILES string of the molecule is Cc1ccc(Oc2ccc(/C=C3\SC(=O)NC3=O)cc2F)c2ccccc12. The second-order valence-corrected chi connectivity index (χ2v) is 7.09. The first-order valence-corrected chi connectivity index (χ1v) is 9.03. The molecule has 0 saturated carbocycles. The Kier molecular flexibility index (Phi) is 4.41. The van der Waals surface area contributed by atoms with Crippen molar-refractivity contribution in [3.8, 4) is 11.5 Å². The number of thioether (sulfide) groups is 1. The largest absolute Gasteiger partial charge is 0.454 e. The minimum Gasteiger partial charge on any atom is -0.454 e. The number of ether oxygens (including phenoxy) is 1. The van der Waals surface area contributed by atoms with Crippen LogP contribution in [-0.4, -0.2) is 11.1 Å². The van der Waals surface area contributed by atoms with Gasteiger partial charge in [-0.2, -0.15) is 0 Å². The number of fused-ring (bicyclic) bond motifs is 1. The highest BCUT2D eigenvalue weighted by Gasteiger charge is 2.25. The molecular weight excluding hydrogens is 365 g/mol. The molecule has 134 valence electrons. The molecule has 1 saturated heterocycles. The van der Waals surface area contributed by atoms with Crippen molar-refractivity contribution in [3.63, 3.8) is 0 Å². The first kappa shape index (κ1) is 17.3. The van der Waals surface area contributed by atoms with Gasteiger partial charge in [0.25, 0.3) is 11.1 Å². The Balaban J connectivity index is 1.65. The Morgan fingerprint density at radius 1 is 1.00 bits per heavy atom. The zero-order chi connectivity index (χ0) is 19.0. The molecule has 1 aliphatic heterocycles.